The highest BCUT2D eigenvalue weighted by molar-refractivity contribution is 5.75. The van der Waals surface area contributed by atoms with Gasteiger partial charge in [0.15, 0.2) is 0 Å². The topological polar surface area (TPSA) is 50.4 Å². The average Bonchev–Trinajstić information content (AvgIpc) is 3.47. The van der Waals surface area contributed by atoms with Gasteiger partial charge in [-0.2, -0.15) is 0 Å². The van der Waals surface area contributed by atoms with Crippen LogP contribution >= 0.6 is 0 Å². The molecule has 2 N–H and O–H groups in total. The van der Waals surface area contributed by atoms with Crippen molar-refractivity contribution in [3.8, 4) is 5.75 Å². The molecule has 0 aliphatic heterocycles. The van der Waals surface area contributed by atoms with Gasteiger partial charge in [-0.25, -0.2) is 4.79 Å². The number of urea groups is 1. The van der Waals surface area contributed by atoms with Crippen molar-refractivity contribution < 1.29 is 9.53 Å². The average molecular weight is 354 g/mol. The van der Waals surface area contributed by atoms with Crippen LogP contribution in [-0.2, 0) is 0 Å². The molecule has 140 valence electrons. The van der Waals surface area contributed by atoms with Crippen LogP contribution in [0.25, 0.3) is 0 Å². The van der Waals surface area contributed by atoms with E-state index >= 15 is 0 Å². The van der Waals surface area contributed by atoms with E-state index in [0.717, 1.165) is 29.4 Å². The molecular formula is C22H30N2O2. The van der Waals surface area contributed by atoms with E-state index in [4.69, 9.17) is 4.74 Å². The van der Waals surface area contributed by atoms with Gasteiger partial charge in [0.05, 0.1) is 13.2 Å². The predicted molar refractivity (Wildman–Crippen MR) is 101 cm³/mol. The highest BCUT2D eigenvalue weighted by Crippen LogP contribution is 2.53. The van der Waals surface area contributed by atoms with Crippen LogP contribution in [0.3, 0.4) is 0 Å². The largest absolute Gasteiger partial charge is 0.497 e. The fraction of sp³-hybridized carbons (Fsp3) is 0.682. The van der Waals surface area contributed by atoms with E-state index in [0.29, 0.717) is 12.0 Å². The molecule has 0 heterocycles. The smallest absolute Gasteiger partial charge is 0.315 e. The van der Waals surface area contributed by atoms with Crippen molar-refractivity contribution in [2.75, 3.05) is 7.11 Å². The van der Waals surface area contributed by atoms with Crippen molar-refractivity contribution in [2.24, 2.45) is 29.6 Å². The van der Waals surface area contributed by atoms with Crippen molar-refractivity contribution in [1.82, 2.24) is 10.6 Å². The van der Waals surface area contributed by atoms with Gasteiger partial charge in [-0.15, -0.1) is 0 Å². The maximum atomic E-state index is 12.8. The third-order valence-electron chi connectivity index (χ3n) is 7.38. The first-order chi connectivity index (χ1) is 12.7. The van der Waals surface area contributed by atoms with Crippen LogP contribution in [0.1, 0.15) is 56.6 Å². The molecular weight excluding hydrogens is 324 g/mol. The van der Waals surface area contributed by atoms with Crippen molar-refractivity contribution in [3.63, 3.8) is 0 Å². The molecule has 5 saturated carbocycles. The summed E-state index contributed by atoms with van der Waals surface area (Å²) in [7, 11) is 1.68. The third-order valence-corrected chi connectivity index (χ3v) is 7.38. The van der Waals surface area contributed by atoms with Crippen LogP contribution in [0.2, 0.25) is 0 Å². The van der Waals surface area contributed by atoms with E-state index in [1.165, 1.54) is 50.5 Å². The lowest BCUT2D eigenvalue weighted by atomic mass is 9.54. The van der Waals surface area contributed by atoms with Gasteiger partial charge in [0, 0.05) is 6.04 Å². The fourth-order valence-electron chi connectivity index (χ4n) is 6.21. The molecule has 0 radical (unpaired) electrons. The highest BCUT2D eigenvalue weighted by atomic mass is 16.5. The van der Waals surface area contributed by atoms with Gasteiger partial charge >= 0.3 is 6.03 Å². The Balaban J connectivity index is 1.25. The second-order valence-corrected chi connectivity index (χ2v) is 9.16. The summed E-state index contributed by atoms with van der Waals surface area (Å²) in [6.07, 6.45) is 9.20. The Morgan fingerprint density at radius 1 is 1.00 bits per heavy atom. The molecule has 0 aromatic heterocycles. The molecule has 1 unspecified atom stereocenters. The Kier molecular flexibility index (Phi) is 4.10. The highest BCUT2D eigenvalue weighted by Gasteiger charge is 2.48. The first-order valence-electron chi connectivity index (χ1n) is 10.4. The molecule has 4 bridgehead atoms. The second-order valence-electron chi connectivity index (χ2n) is 9.16. The van der Waals surface area contributed by atoms with Crippen LogP contribution in [0.5, 0.6) is 5.75 Å². The first-order valence-corrected chi connectivity index (χ1v) is 10.4. The zero-order valence-electron chi connectivity index (χ0n) is 15.6. The Labute approximate surface area is 156 Å². The lowest BCUT2D eigenvalue weighted by Crippen LogP contribution is -2.57. The Morgan fingerprint density at radius 2 is 1.62 bits per heavy atom. The van der Waals surface area contributed by atoms with Crippen LogP contribution in [-0.4, -0.2) is 19.2 Å². The SMILES string of the molecule is COc1ccc(C(NC(=O)NC2C3CC4CC(C3)CC2C4)C2CC2)cc1. The van der Waals surface area contributed by atoms with E-state index in [-0.39, 0.29) is 12.1 Å². The summed E-state index contributed by atoms with van der Waals surface area (Å²) in [5.74, 6) is 4.76. The maximum absolute atomic E-state index is 12.8. The number of rotatable bonds is 5. The van der Waals surface area contributed by atoms with Gasteiger partial charge in [0.1, 0.15) is 5.75 Å². The summed E-state index contributed by atoms with van der Waals surface area (Å²) in [4.78, 5) is 12.8. The molecule has 0 saturated heterocycles. The molecule has 5 aliphatic rings. The zero-order chi connectivity index (χ0) is 17.7. The minimum atomic E-state index is 0.0372. The van der Waals surface area contributed by atoms with Gasteiger partial charge < -0.3 is 15.4 Å². The monoisotopic (exact) mass is 354 g/mol. The molecule has 26 heavy (non-hydrogen) atoms. The fourth-order valence-corrected chi connectivity index (χ4v) is 6.21. The van der Waals surface area contributed by atoms with E-state index in [9.17, 15) is 4.79 Å². The number of carbonyl (C=O) groups excluding carboxylic acids is 1. The summed E-state index contributed by atoms with van der Waals surface area (Å²) in [5, 5.41) is 6.69. The van der Waals surface area contributed by atoms with Crippen molar-refractivity contribution >= 4 is 6.03 Å². The number of nitrogens with one attached hydrogen (secondary N) is 2. The van der Waals surface area contributed by atoms with Crippen molar-refractivity contribution in [2.45, 2.75) is 57.0 Å². The number of carbonyl (C=O) groups is 1. The lowest BCUT2D eigenvalue weighted by Gasteiger charge is -2.54. The van der Waals surface area contributed by atoms with E-state index in [1.807, 2.05) is 12.1 Å². The molecule has 1 aromatic rings. The molecule has 1 aromatic carbocycles. The van der Waals surface area contributed by atoms with E-state index in [2.05, 4.69) is 22.8 Å². The molecule has 4 nitrogen and oxygen atoms in total. The minimum absolute atomic E-state index is 0.0372. The number of amides is 2. The van der Waals surface area contributed by atoms with E-state index in [1.54, 1.807) is 7.11 Å². The van der Waals surface area contributed by atoms with Crippen molar-refractivity contribution in [3.05, 3.63) is 29.8 Å². The predicted octanol–water partition coefficient (Wildman–Crippen LogP) is 4.27. The summed E-state index contributed by atoms with van der Waals surface area (Å²) in [6.45, 7) is 0. The molecule has 2 amide bonds. The number of hydrogen-bond donors (Lipinski definition) is 2. The molecule has 0 spiro atoms. The molecule has 4 heteroatoms. The van der Waals surface area contributed by atoms with Gasteiger partial charge in [-0.05, 0) is 92.2 Å². The maximum Gasteiger partial charge on any atom is 0.315 e. The van der Waals surface area contributed by atoms with Gasteiger partial charge in [0.2, 0.25) is 0 Å². The summed E-state index contributed by atoms with van der Waals surface area (Å²) in [5.41, 5.74) is 1.19. The quantitative estimate of drug-likeness (QED) is 0.829. The summed E-state index contributed by atoms with van der Waals surface area (Å²) < 4.78 is 5.26. The Bertz CT molecular complexity index is 639. The van der Waals surface area contributed by atoms with Gasteiger partial charge in [-0.3, -0.25) is 0 Å². The molecule has 5 aliphatic carbocycles. The second kappa shape index (κ2) is 6.47. The number of benzene rings is 1. The summed E-state index contributed by atoms with van der Waals surface area (Å²) in [6, 6.07) is 8.71. The Hall–Kier alpha value is -1.71. The van der Waals surface area contributed by atoms with Crippen molar-refractivity contribution in [1.29, 1.82) is 0 Å². The standard InChI is InChI=1S/C22H30N2O2/c1-26-19-6-4-16(5-7-19)20(15-2-3-15)23-22(25)24-21-17-9-13-8-14(11-17)12-18(21)10-13/h4-7,13-15,17-18,20-21H,2-3,8-12H2,1H3,(H2,23,24,25). The minimum Gasteiger partial charge on any atom is -0.497 e. The number of ether oxygens (including phenoxy) is 1. The molecule has 6 rings (SSSR count). The van der Waals surface area contributed by atoms with Crippen LogP contribution in [0.4, 0.5) is 4.79 Å². The number of hydrogen-bond acceptors (Lipinski definition) is 2. The zero-order valence-corrected chi connectivity index (χ0v) is 15.6. The van der Waals surface area contributed by atoms with Gasteiger partial charge in [0.25, 0.3) is 0 Å². The molecule has 5 fully saturated rings. The van der Waals surface area contributed by atoms with Crippen LogP contribution in [0.15, 0.2) is 24.3 Å². The third kappa shape index (κ3) is 3.08. The van der Waals surface area contributed by atoms with Gasteiger partial charge in [-0.1, -0.05) is 12.1 Å². The van der Waals surface area contributed by atoms with E-state index < -0.39 is 0 Å². The molecule has 1 atom stereocenters. The summed E-state index contributed by atoms with van der Waals surface area (Å²) >= 11 is 0. The normalized spacial score (nSPS) is 35.8. The Morgan fingerprint density at radius 3 is 2.15 bits per heavy atom. The van der Waals surface area contributed by atoms with Crippen LogP contribution in [0, 0.1) is 29.6 Å². The van der Waals surface area contributed by atoms with Crippen LogP contribution < -0.4 is 15.4 Å². The number of methoxy groups -OCH3 is 1. The first kappa shape index (κ1) is 16.5. The lowest BCUT2D eigenvalue weighted by molar-refractivity contribution is -0.00955.